The summed E-state index contributed by atoms with van der Waals surface area (Å²) in [5, 5.41) is 2.94. The van der Waals surface area contributed by atoms with Crippen LogP contribution in [0.25, 0.3) is 10.8 Å². The first-order valence-corrected chi connectivity index (χ1v) is 5.29. The van der Waals surface area contributed by atoms with Gasteiger partial charge in [-0.3, -0.25) is 4.79 Å². The molecule has 0 unspecified atom stereocenters. The van der Waals surface area contributed by atoms with Gasteiger partial charge in [-0.25, -0.2) is 0 Å². The van der Waals surface area contributed by atoms with Gasteiger partial charge in [-0.2, -0.15) is 0 Å². The fourth-order valence-corrected chi connectivity index (χ4v) is 2.13. The quantitative estimate of drug-likeness (QED) is 0.683. The normalized spacial score (nSPS) is 10.6. The molecule has 0 aliphatic heterocycles. The van der Waals surface area contributed by atoms with Gasteiger partial charge >= 0.3 is 0 Å². The van der Waals surface area contributed by atoms with Gasteiger partial charge in [0.1, 0.15) is 0 Å². The van der Waals surface area contributed by atoms with Crippen molar-refractivity contribution in [3.63, 3.8) is 0 Å². The summed E-state index contributed by atoms with van der Waals surface area (Å²) in [6.45, 7) is 0. The van der Waals surface area contributed by atoms with Crippen molar-refractivity contribution < 1.29 is 4.79 Å². The fourth-order valence-electron chi connectivity index (χ4n) is 1.42. The highest BCUT2D eigenvalue weighted by Crippen LogP contribution is 2.33. The molecule has 0 saturated heterocycles. The van der Waals surface area contributed by atoms with Crippen LogP contribution < -0.4 is 0 Å². The molecule has 0 atom stereocenters. The van der Waals surface area contributed by atoms with Crippen molar-refractivity contribution in [3.8, 4) is 0 Å². The Balaban J connectivity index is 2.92. The van der Waals surface area contributed by atoms with Crippen molar-refractivity contribution in [3.05, 3.63) is 44.9 Å². The third kappa shape index (κ3) is 1.83. The minimum atomic E-state index is 0.386. The third-order valence-corrected chi connectivity index (χ3v) is 3.11. The van der Waals surface area contributed by atoms with E-state index >= 15 is 0 Å². The molecule has 0 spiro atoms. The van der Waals surface area contributed by atoms with Crippen molar-refractivity contribution >= 4 is 51.9 Å². The average molecular weight is 260 g/mol. The van der Waals surface area contributed by atoms with Crippen LogP contribution in [-0.2, 0) is 0 Å². The number of halogens is 3. The highest BCUT2D eigenvalue weighted by Gasteiger charge is 2.09. The smallest absolute Gasteiger partial charge is 0.151 e. The summed E-state index contributed by atoms with van der Waals surface area (Å²) < 4.78 is 0. The number of hydrogen-bond donors (Lipinski definition) is 0. The Morgan fingerprint density at radius 3 is 2.40 bits per heavy atom. The van der Waals surface area contributed by atoms with E-state index in [1.165, 1.54) is 6.07 Å². The molecule has 0 amide bonds. The molecular formula is C11H5Cl3O. The molecule has 15 heavy (non-hydrogen) atoms. The molecule has 2 aromatic rings. The SMILES string of the molecule is O=Cc1cc(Cl)c2cc(Cl)ccc2c1Cl. The predicted molar refractivity (Wildman–Crippen MR) is 64.4 cm³/mol. The zero-order valence-corrected chi connectivity index (χ0v) is 9.70. The van der Waals surface area contributed by atoms with E-state index in [2.05, 4.69) is 0 Å². The molecule has 0 fully saturated rings. The molecule has 4 heteroatoms. The van der Waals surface area contributed by atoms with Gasteiger partial charge < -0.3 is 0 Å². The maximum Gasteiger partial charge on any atom is 0.151 e. The Morgan fingerprint density at radius 2 is 1.73 bits per heavy atom. The lowest BCUT2D eigenvalue weighted by molar-refractivity contribution is 0.112. The molecule has 0 N–H and O–H groups in total. The van der Waals surface area contributed by atoms with Crippen LogP contribution in [0.5, 0.6) is 0 Å². The number of carbonyl (C=O) groups excluding carboxylic acids is 1. The lowest BCUT2D eigenvalue weighted by Gasteiger charge is -2.05. The maximum absolute atomic E-state index is 10.7. The zero-order chi connectivity index (χ0) is 11.0. The second kappa shape index (κ2) is 4.01. The highest BCUT2D eigenvalue weighted by molar-refractivity contribution is 6.42. The van der Waals surface area contributed by atoms with Gasteiger partial charge in [-0.05, 0) is 18.2 Å². The topological polar surface area (TPSA) is 17.1 Å². The van der Waals surface area contributed by atoms with Crippen molar-refractivity contribution in [2.45, 2.75) is 0 Å². The van der Waals surface area contributed by atoms with E-state index in [0.29, 0.717) is 26.9 Å². The fraction of sp³-hybridized carbons (Fsp3) is 0. The van der Waals surface area contributed by atoms with E-state index in [9.17, 15) is 4.79 Å². The monoisotopic (exact) mass is 258 g/mol. The summed E-state index contributed by atoms with van der Waals surface area (Å²) in [5.74, 6) is 0. The largest absolute Gasteiger partial charge is 0.298 e. The second-order valence-electron chi connectivity index (χ2n) is 3.07. The Bertz CT molecular complexity index is 549. The van der Waals surface area contributed by atoms with Crippen LogP contribution in [0.3, 0.4) is 0 Å². The summed E-state index contributed by atoms with van der Waals surface area (Å²) in [4.78, 5) is 10.7. The van der Waals surface area contributed by atoms with E-state index in [1.54, 1.807) is 18.2 Å². The Kier molecular flexibility index (Phi) is 2.87. The lowest BCUT2D eigenvalue weighted by atomic mass is 10.1. The van der Waals surface area contributed by atoms with E-state index in [-0.39, 0.29) is 0 Å². The number of hydrogen-bond acceptors (Lipinski definition) is 1. The summed E-state index contributed by atoms with van der Waals surface area (Å²) in [7, 11) is 0. The van der Waals surface area contributed by atoms with Crippen molar-refractivity contribution in [1.82, 2.24) is 0 Å². The maximum atomic E-state index is 10.7. The number of carbonyl (C=O) groups is 1. The molecule has 1 nitrogen and oxygen atoms in total. The first-order valence-electron chi connectivity index (χ1n) is 4.16. The Hall–Kier alpha value is -0.760. The third-order valence-electron chi connectivity index (χ3n) is 2.14. The van der Waals surface area contributed by atoms with Gasteiger partial charge in [0, 0.05) is 26.4 Å². The predicted octanol–water partition coefficient (Wildman–Crippen LogP) is 4.61. The van der Waals surface area contributed by atoms with E-state index in [0.717, 1.165) is 10.8 Å². The molecule has 0 bridgehead atoms. The minimum Gasteiger partial charge on any atom is -0.298 e. The summed E-state index contributed by atoms with van der Waals surface area (Å²) in [5.41, 5.74) is 0.386. The summed E-state index contributed by atoms with van der Waals surface area (Å²) >= 11 is 17.9. The molecular weight excluding hydrogens is 254 g/mol. The molecule has 0 aromatic heterocycles. The van der Waals surface area contributed by atoms with Crippen molar-refractivity contribution in [2.24, 2.45) is 0 Å². The van der Waals surface area contributed by atoms with Crippen LogP contribution in [0.1, 0.15) is 10.4 Å². The van der Waals surface area contributed by atoms with E-state index < -0.39 is 0 Å². The first-order chi connectivity index (χ1) is 7.13. The van der Waals surface area contributed by atoms with E-state index in [1.807, 2.05) is 0 Å². The number of aldehydes is 1. The van der Waals surface area contributed by atoms with Gasteiger partial charge in [-0.1, -0.05) is 40.9 Å². The van der Waals surface area contributed by atoms with Gasteiger partial charge in [0.15, 0.2) is 6.29 Å². The molecule has 0 radical (unpaired) electrons. The van der Waals surface area contributed by atoms with Gasteiger partial charge in [0.05, 0.1) is 5.02 Å². The van der Waals surface area contributed by atoms with Crippen LogP contribution in [0, 0.1) is 0 Å². The van der Waals surface area contributed by atoms with Crippen molar-refractivity contribution in [2.75, 3.05) is 0 Å². The Labute approximate surface area is 102 Å². The molecule has 2 rings (SSSR count). The van der Waals surface area contributed by atoms with Gasteiger partial charge in [-0.15, -0.1) is 0 Å². The van der Waals surface area contributed by atoms with Crippen LogP contribution >= 0.6 is 34.8 Å². The zero-order valence-electron chi connectivity index (χ0n) is 7.43. The molecule has 2 aromatic carbocycles. The van der Waals surface area contributed by atoms with Crippen LogP contribution in [0.2, 0.25) is 15.1 Å². The van der Waals surface area contributed by atoms with Crippen LogP contribution in [-0.4, -0.2) is 6.29 Å². The molecule has 0 heterocycles. The standard InChI is InChI=1S/C11H5Cl3O/c12-7-1-2-8-9(4-7)10(13)3-6(5-15)11(8)14/h1-5H. The van der Waals surface area contributed by atoms with Gasteiger partial charge in [0.2, 0.25) is 0 Å². The molecule has 0 aliphatic carbocycles. The first kappa shape index (κ1) is 10.7. The molecule has 0 saturated carbocycles. The van der Waals surface area contributed by atoms with Crippen LogP contribution in [0.15, 0.2) is 24.3 Å². The Morgan fingerprint density at radius 1 is 1.00 bits per heavy atom. The number of rotatable bonds is 1. The van der Waals surface area contributed by atoms with Crippen molar-refractivity contribution in [1.29, 1.82) is 0 Å². The second-order valence-corrected chi connectivity index (χ2v) is 4.29. The highest BCUT2D eigenvalue weighted by atomic mass is 35.5. The average Bonchev–Trinajstić information content (AvgIpc) is 2.23. The summed E-state index contributed by atoms with van der Waals surface area (Å²) in [6, 6.07) is 6.72. The summed E-state index contributed by atoms with van der Waals surface area (Å²) in [6.07, 6.45) is 0.683. The van der Waals surface area contributed by atoms with Crippen LogP contribution in [0.4, 0.5) is 0 Å². The van der Waals surface area contributed by atoms with E-state index in [4.69, 9.17) is 34.8 Å². The molecule has 0 aliphatic rings. The van der Waals surface area contributed by atoms with Gasteiger partial charge in [0.25, 0.3) is 0 Å². The molecule has 76 valence electrons. The number of benzene rings is 2. The number of fused-ring (bicyclic) bond motifs is 1. The minimum absolute atomic E-state index is 0.386. The lowest BCUT2D eigenvalue weighted by Crippen LogP contribution is -1.85.